The minimum Gasteiger partial charge on any atom is -0.378 e. The second-order valence-corrected chi connectivity index (χ2v) is 5.63. The minimum absolute atomic E-state index is 0.214. The van der Waals surface area contributed by atoms with Crippen LogP contribution in [0, 0.1) is 0 Å². The fraction of sp³-hybridized carbons (Fsp3) is 0.133. The third-order valence-electron chi connectivity index (χ3n) is 3.03. The Morgan fingerprint density at radius 3 is 2.71 bits per heavy atom. The molecule has 0 amide bonds. The Hall–Kier alpha value is -2.34. The van der Waals surface area contributed by atoms with Crippen molar-refractivity contribution in [2.45, 2.75) is 23.0 Å². The Kier molecular flexibility index (Phi) is 4.16. The number of nitrogens with one attached hydrogen (secondary N) is 2. The van der Waals surface area contributed by atoms with E-state index in [1.54, 1.807) is 18.0 Å². The van der Waals surface area contributed by atoms with Gasteiger partial charge in [-0.1, -0.05) is 17.8 Å². The fourth-order valence-corrected chi connectivity index (χ4v) is 2.63. The van der Waals surface area contributed by atoms with Crippen LogP contribution in [0.5, 0.6) is 0 Å². The molecule has 0 aliphatic carbocycles. The van der Waals surface area contributed by atoms with Gasteiger partial charge in [0.1, 0.15) is 6.33 Å². The average molecular weight is 297 g/mol. The highest BCUT2D eigenvalue weighted by atomic mass is 32.2. The zero-order valence-corrected chi connectivity index (χ0v) is 12.3. The highest BCUT2D eigenvalue weighted by molar-refractivity contribution is 7.99. The van der Waals surface area contributed by atoms with Crippen molar-refractivity contribution in [1.29, 1.82) is 0 Å². The summed E-state index contributed by atoms with van der Waals surface area (Å²) in [6, 6.07) is 12.5. The van der Waals surface area contributed by atoms with Gasteiger partial charge in [0.25, 0.3) is 0 Å². The normalized spacial score (nSPS) is 12.0. The number of rotatable bonds is 5. The van der Waals surface area contributed by atoms with Crippen molar-refractivity contribution in [3.8, 4) is 0 Å². The van der Waals surface area contributed by atoms with Gasteiger partial charge in [-0.2, -0.15) is 5.10 Å². The lowest BCUT2D eigenvalue weighted by Gasteiger charge is -2.15. The van der Waals surface area contributed by atoms with Crippen molar-refractivity contribution < 1.29 is 0 Å². The van der Waals surface area contributed by atoms with Crippen LogP contribution >= 0.6 is 11.8 Å². The molecule has 0 spiro atoms. The molecule has 2 aromatic heterocycles. The molecule has 5 nitrogen and oxygen atoms in total. The summed E-state index contributed by atoms with van der Waals surface area (Å²) < 4.78 is 0. The number of aromatic nitrogens is 4. The monoisotopic (exact) mass is 297 g/mol. The zero-order chi connectivity index (χ0) is 14.5. The lowest BCUT2D eigenvalue weighted by Crippen LogP contribution is -2.06. The number of benzene rings is 1. The molecule has 1 unspecified atom stereocenters. The molecule has 21 heavy (non-hydrogen) atoms. The maximum absolute atomic E-state index is 4.14. The summed E-state index contributed by atoms with van der Waals surface area (Å²) in [6.07, 6.45) is 5.17. The van der Waals surface area contributed by atoms with Crippen LogP contribution in [-0.2, 0) is 0 Å². The van der Waals surface area contributed by atoms with E-state index in [9.17, 15) is 0 Å². The van der Waals surface area contributed by atoms with Crippen molar-refractivity contribution in [1.82, 2.24) is 20.2 Å². The van der Waals surface area contributed by atoms with E-state index in [0.717, 1.165) is 21.3 Å². The van der Waals surface area contributed by atoms with Crippen LogP contribution in [-0.4, -0.2) is 20.2 Å². The number of hydrogen-bond acceptors (Lipinski definition) is 5. The SMILES string of the molecule is CC(Nc1ccc(Sc2ncn[nH]2)cc1)c1cccnc1. The first kappa shape index (κ1) is 13.6. The molecule has 0 radical (unpaired) electrons. The Morgan fingerprint density at radius 2 is 2.05 bits per heavy atom. The maximum Gasteiger partial charge on any atom is 0.188 e. The number of pyridine rings is 1. The Balaban J connectivity index is 1.64. The van der Waals surface area contributed by atoms with E-state index in [0.29, 0.717) is 0 Å². The largest absolute Gasteiger partial charge is 0.378 e. The van der Waals surface area contributed by atoms with E-state index in [4.69, 9.17) is 0 Å². The van der Waals surface area contributed by atoms with Crippen molar-refractivity contribution in [3.05, 3.63) is 60.7 Å². The molecule has 2 heterocycles. The molecule has 2 N–H and O–H groups in total. The summed E-state index contributed by atoms with van der Waals surface area (Å²) >= 11 is 1.55. The third-order valence-corrected chi connectivity index (χ3v) is 3.93. The first-order valence-electron chi connectivity index (χ1n) is 6.61. The first-order chi connectivity index (χ1) is 10.3. The Morgan fingerprint density at radius 1 is 1.19 bits per heavy atom. The van der Waals surface area contributed by atoms with Crippen molar-refractivity contribution >= 4 is 17.4 Å². The van der Waals surface area contributed by atoms with E-state index in [2.05, 4.69) is 62.7 Å². The molecule has 1 atom stereocenters. The smallest absolute Gasteiger partial charge is 0.188 e. The van der Waals surface area contributed by atoms with E-state index in [1.807, 2.05) is 12.3 Å². The first-order valence-corrected chi connectivity index (χ1v) is 7.42. The lowest BCUT2D eigenvalue weighted by molar-refractivity contribution is 0.875. The molecule has 0 saturated heterocycles. The quantitative estimate of drug-likeness (QED) is 0.754. The predicted molar refractivity (Wildman–Crippen MR) is 83.2 cm³/mol. The van der Waals surface area contributed by atoms with Crippen LogP contribution in [0.2, 0.25) is 0 Å². The number of H-pyrrole nitrogens is 1. The van der Waals surface area contributed by atoms with Crippen molar-refractivity contribution in [2.24, 2.45) is 0 Å². The molecule has 3 aromatic rings. The standard InChI is InChI=1S/C15H15N5S/c1-11(12-3-2-8-16-9-12)19-13-4-6-14(7-5-13)21-15-17-10-18-20-15/h2-11,19H,1H3,(H,17,18,20). The van der Waals surface area contributed by atoms with Crippen LogP contribution in [0.4, 0.5) is 5.69 Å². The number of aromatic amines is 1. The predicted octanol–water partition coefficient (Wildman–Crippen LogP) is 3.52. The molecule has 0 bridgehead atoms. The number of nitrogens with zero attached hydrogens (tertiary/aromatic N) is 3. The number of anilines is 1. The van der Waals surface area contributed by atoms with Crippen LogP contribution in [0.15, 0.2) is 65.2 Å². The van der Waals surface area contributed by atoms with Gasteiger partial charge in [-0.25, -0.2) is 4.98 Å². The van der Waals surface area contributed by atoms with Gasteiger partial charge < -0.3 is 5.32 Å². The highest BCUT2D eigenvalue weighted by Crippen LogP contribution is 2.26. The summed E-state index contributed by atoms with van der Waals surface area (Å²) in [7, 11) is 0. The molecular weight excluding hydrogens is 282 g/mol. The van der Waals surface area contributed by atoms with Gasteiger partial charge in [0, 0.05) is 23.0 Å². The fourth-order valence-electron chi connectivity index (χ4n) is 1.94. The van der Waals surface area contributed by atoms with Gasteiger partial charge in [-0.15, -0.1) is 0 Å². The topological polar surface area (TPSA) is 66.5 Å². The van der Waals surface area contributed by atoms with Gasteiger partial charge in [0.2, 0.25) is 0 Å². The third kappa shape index (κ3) is 3.61. The Bertz CT molecular complexity index is 667. The van der Waals surface area contributed by atoms with E-state index < -0.39 is 0 Å². The van der Waals surface area contributed by atoms with Gasteiger partial charge >= 0.3 is 0 Å². The van der Waals surface area contributed by atoms with Gasteiger partial charge in [0.15, 0.2) is 5.16 Å². The van der Waals surface area contributed by atoms with Crippen LogP contribution in [0.1, 0.15) is 18.5 Å². The molecule has 3 rings (SSSR count). The van der Waals surface area contributed by atoms with Gasteiger partial charge in [-0.05, 0) is 42.8 Å². The summed E-state index contributed by atoms with van der Waals surface area (Å²) in [5.74, 6) is 0. The minimum atomic E-state index is 0.214. The molecule has 0 saturated carbocycles. The molecule has 0 fully saturated rings. The van der Waals surface area contributed by atoms with Crippen LogP contribution in [0.3, 0.4) is 0 Å². The van der Waals surface area contributed by atoms with E-state index >= 15 is 0 Å². The molecule has 6 heteroatoms. The zero-order valence-electron chi connectivity index (χ0n) is 11.5. The molecule has 106 valence electrons. The Labute approximate surface area is 127 Å². The summed E-state index contributed by atoms with van der Waals surface area (Å²) in [5.41, 5.74) is 2.24. The lowest BCUT2D eigenvalue weighted by atomic mass is 10.1. The number of hydrogen-bond donors (Lipinski definition) is 2. The highest BCUT2D eigenvalue weighted by Gasteiger charge is 2.05. The molecular formula is C15H15N5S. The summed E-state index contributed by atoms with van der Waals surface area (Å²) in [6.45, 7) is 2.12. The second-order valence-electron chi connectivity index (χ2n) is 4.57. The van der Waals surface area contributed by atoms with Crippen LogP contribution < -0.4 is 5.32 Å². The van der Waals surface area contributed by atoms with Crippen LogP contribution in [0.25, 0.3) is 0 Å². The molecule has 0 aliphatic heterocycles. The maximum atomic E-state index is 4.14. The summed E-state index contributed by atoms with van der Waals surface area (Å²) in [5, 5.41) is 10.9. The molecule has 0 aliphatic rings. The van der Waals surface area contributed by atoms with Gasteiger partial charge in [-0.3, -0.25) is 10.1 Å². The van der Waals surface area contributed by atoms with Crippen molar-refractivity contribution in [2.75, 3.05) is 5.32 Å². The van der Waals surface area contributed by atoms with E-state index in [1.165, 1.54) is 6.33 Å². The van der Waals surface area contributed by atoms with Gasteiger partial charge in [0.05, 0.1) is 6.04 Å². The summed E-state index contributed by atoms with van der Waals surface area (Å²) in [4.78, 5) is 9.36. The molecule has 1 aromatic carbocycles. The average Bonchev–Trinajstić information content (AvgIpc) is 3.03. The van der Waals surface area contributed by atoms with Crippen molar-refractivity contribution in [3.63, 3.8) is 0 Å². The second kappa shape index (κ2) is 6.41. The van der Waals surface area contributed by atoms with E-state index in [-0.39, 0.29) is 6.04 Å².